The van der Waals surface area contributed by atoms with E-state index in [0.717, 1.165) is 11.1 Å². The van der Waals surface area contributed by atoms with Gasteiger partial charge in [-0.15, -0.1) is 11.3 Å². The fourth-order valence-corrected chi connectivity index (χ4v) is 4.29. The molecule has 0 radical (unpaired) electrons. The molecule has 0 bridgehead atoms. The number of amides is 2. The van der Waals surface area contributed by atoms with Crippen LogP contribution in [0.1, 0.15) is 22.2 Å². The molecule has 2 amide bonds. The fraction of sp³-hybridized carbons (Fsp3) is 0.160. The summed E-state index contributed by atoms with van der Waals surface area (Å²) in [6.45, 7) is 2.33. The first-order valence-electron chi connectivity index (χ1n) is 10.5. The Kier molecular flexibility index (Phi) is 6.95. The Labute approximate surface area is 194 Å². The molecule has 8 heteroatoms. The number of furan rings is 1. The Morgan fingerprint density at radius 3 is 2.48 bits per heavy atom. The van der Waals surface area contributed by atoms with Gasteiger partial charge in [-0.1, -0.05) is 42.5 Å². The van der Waals surface area contributed by atoms with Crippen LogP contribution in [0, 0.1) is 5.82 Å². The summed E-state index contributed by atoms with van der Waals surface area (Å²) in [6, 6.07) is 18.9. The number of nitrogens with zero attached hydrogens (tertiary/aromatic N) is 2. The van der Waals surface area contributed by atoms with Crippen LogP contribution in [0.2, 0.25) is 0 Å². The average molecular weight is 464 g/mol. The van der Waals surface area contributed by atoms with Crippen LogP contribution in [0.5, 0.6) is 0 Å². The van der Waals surface area contributed by atoms with E-state index in [-0.39, 0.29) is 30.7 Å². The van der Waals surface area contributed by atoms with E-state index >= 15 is 0 Å². The van der Waals surface area contributed by atoms with E-state index in [1.165, 1.54) is 28.4 Å². The predicted octanol–water partition coefficient (Wildman–Crippen LogP) is 4.99. The standard InChI is InChI=1S/C25H22FN3O3S/c1-2-29(16-21(30)27-15-17-10-12-19(26)13-11-17)25(31)23-22(18-7-4-3-5-8-18)28-24(33-23)20-9-6-14-32-20/h3-14H,2,15-16H2,1H3,(H,27,30). The lowest BCUT2D eigenvalue weighted by Gasteiger charge is -2.20. The Morgan fingerprint density at radius 2 is 1.82 bits per heavy atom. The number of hydrogen-bond acceptors (Lipinski definition) is 5. The Morgan fingerprint density at radius 1 is 1.06 bits per heavy atom. The topological polar surface area (TPSA) is 75.4 Å². The van der Waals surface area contributed by atoms with Crippen LogP contribution >= 0.6 is 11.3 Å². The van der Waals surface area contributed by atoms with E-state index in [9.17, 15) is 14.0 Å². The highest BCUT2D eigenvalue weighted by Gasteiger charge is 2.26. The maximum Gasteiger partial charge on any atom is 0.266 e. The van der Waals surface area contributed by atoms with Crippen molar-refractivity contribution in [2.75, 3.05) is 13.1 Å². The van der Waals surface area contributed by atoms with E-state index in [1.807, 2.05) is 37.3 Å². The van der Waals surface area contributed by atoms with Gasteiger partial charge in [-0.05, 0) is 36.8 Å². The second kappa shape index (κ2) is 10.2. The van der Waals surface area contributed by atoms with Gasteiger partial charge in [0.25, 0.3) is 5.91 Å². The third kappa shape index (κ3) is 5.35. The normalized spacial score (nSPS) is 10.7. The maximum absolute atomic E-state index is 13.4. The zero-order chi connectivity index (χ0) is 23.2. The molecule has 0 aliphatic heterocycles. The number of hydrogen-bond donors (Lipinski definition) is 1. The molecule has 6 nitrogen and oxygen atoms in total. The number of aromatic nitrogens is 1. The van der Waals surface area contributed by atoms with Gasteiger partial charge in [0.1, 0.15) is 10.7 Å². The molecule has 4 aromatic rings. The third-order valence-corrected chi connectivity index (χ3v) is 6.06. The van der Waals surface area contributed by atoms with Crippen molar-refractivity contribution in [3.05, 3.63) is 89.3 Å². The molecule has 0 fully saturated rings. The molecular weight excluding hydrogens is 441 g/mol. The van der Waals surface area contributed by atoms with Gasteiger partial charge in [0.15, 0.2) is 10.8 Å². The van der Waals surface area contributed by atoms with Crippen LogP contribution in [0.4, 0.5) is 4.39 Å². The molecule has 0 aliphatic rings. The molecular formula is C25H22FN3O3S. The molecule has 0 spiro atoms. The molecule has 0 saturated heterocycles. The van der Waals surface area contributed by atoms with E-state index in [4.69, 9.17) is 4.42 Å². The number of likely N-dealkylation sites (N-methyl/N-ethyl adjacent to an activating group) is 1. The summed E-state index contributed by atoms with van der Waals surface area (Å²) >= 11 is 1.24. The first-order chi connectivity index (χ1) is 16.0. The highest BCUT2D eigenvalue weighted by Crippen LogP contribution is 2.34. The number of rotatable bonds is 8. The summed E-state index contributed by atoms with van der Waals surface area (Å²) in [7, 11) is 0. The predicted molar refractivity (Wildman–Crippen MR) is 125 cm³/mol. The monoisotopic (exact) mass is 463 g/mol. The van der Waals surface area contributed by atoms with Crippen molar-refractivity contribution >= 4 is 23.2 Å². The van der Waals surface area contributed by atoms with Crippen molar-refractivity contribution in [3.63, 3.8) is 0 Å². The van der Waals surface area contributed by atoms with E-state index in [1.54, 1.807) is 30.5 Å². The Balaban J connectivity index is 1.53. The quantitative estimate of drug-likeness (QED) is 0.400. The highest BCUT2D eigenvalue weighted by atomic mass is 32.1. The largest absolute Gasteiger partial charge is 0.462 e. The van der Waals surface area contributed by atoms with Crippen molar-refractivity contribution in [1.82, 2.24) is 15.2 Å². The van der Waals surface area contributed by atoms with Crippen LogP contribution < -0.4 is 5.32 Å². The van der Waals surface area contributed by atoms with Crippen molar-refractivity contribution in [3.8, 4) is 22.0 Å². The lowest BCUT2D eigenvalue weighted by Crippen LogP contribution is -2.40. The van der Waals surface area contributed by atoms with Gasteiger partial charge < -0.3 is 14.6 Å². The lowest BCUT2D eigenvalue weighted by molar-refractivity contribution is -0.121. The first-order valence-corrected chi connectivity index (χ1v) is 11.3. The summed E-state index contributed by atoms with van der Waals surface area (Å²) < 4.78 is 18.5. The van der Waals surface area contributed by atoms with Crippen LogP contribution in [-0.2, 0) is 11.3 Å². The fourth-order valence-electron chi connectivity index (χ4n) is 3.27. The summed E-state index contributed by atoms with van der Waals surface area (Å²) in [6.07, 6.45) is 1.56. The molecule has 0 aliphatic carbocycles. The minimum absolute atomic E-state index is 0.0985. The number of halogens is 1. The summed E-state index contributed by atoms with van der Waals surface area (Å²) in [4.78, 5) is 32.6. The molecule has 2 aromatic heterocycles. The van der Waals surface area contributed by atoms with Gasteiger partial charge in [-0.2, -0.15) is 0 Å². The minimum atomic E-state index is -0.333. The van der Waals surface area contributed by atoms with E-state index in [2.05, 4.69) is 10.3 Å². The molecule has 0 unspecified atom stereocenters. The van der Waals surface area contributed by atoms with Gasteiger partial charge in [0.2, 0.25) is 5.91 Å². The molecule has 4 rings (SSSR count). The minimum Gasteiger partial charge on any atom is -0.462 e. The van der Waals surface area contributed by atoms with Crippen LogP contribution in [0.3, 0.4) is 0 Å². The number of carbonyl (C=O) groups is 2. The first kappa shape index (κ1) is 22.4. The average Bonchev–Trinajstić information content (AvgIpc) is 3.52. The summed E-state index contributed by atoms with van der Waals surface area (Å²) in [5.41, 5.74) is 2.14. The van der Waals surface area contributed by atoms with Crippen LogP contribution in [-0.4, -0.2) is 34.8 Å². The zero-order valence-corrected chi connectivity index (χ0v) is 18.8. The molecule has 0 saturated carbocycles. The van der Waals surface area contributed by atoms with Crippen molar-refractivity contribution < 1.29 is 18.4 Å². The molecule has 33 heavy (non-hydrogen) atoms. The summed E-state index contributed by atoms with van der Waals surface area (Å²) in [5, 5.41) is 3.38. The Hall–Kier alpha value is -3.78. The number of thiazole rings is 1. The van der Waals surface area contributed by atoms with Crippen molar-refractivity contribution in [1.29, 1.82) is 0 Å². The van der Waals surface area contributed by atoms with Crippen molar-refractivity contribution in [2.45, 2.75) is 13.5 Å². The van der Waals surface area contributed by atoms with Gasteiger partial charge in [-0.3, -0.25) is 9.59 Å². The highest BCUT2D eigenvalue weighted by molar-refractivity contribution is 7.17. The van der Waals surface area contributed by atoms with Gasteiger partial charge >= 0.3 is 0 Å². The molecule has 0 atom stereocenters. The van der Waals surface area contributed by atoms with Gasteiger partial charge in [0, 0.05) is 18.7 Å². The number of nitrogens with one attached hydrogen (secondary N) is 1. The summed E-state index contributed by atoms with van der Waals surface area (Å²) in [5.74, 6) is -0.327. The second-order valence-corrected chi connectivity index (χ2v) is 8.26. The molecule has 168 valence electrons. The smallest absolute Gasteiger partial charge is 0.266 e. The van der Waals surface area contributed by atoms with E-state index < -0.39 is 0 Å². The lowest BCUT2D eigenvalue weighted by atomic mass is 10.1. The SMILES string of the molecule is CCN(CC(=O)NCc1ccc(F)cc1)C(=O)c1sc(-c2ccco2)nc1-c1ccccc1. The maximum atomic E-state index is 13.4. The van der Waals surface area contributed by atoms with E-state index in [0.29, 0.717) is 27.9 Å². The molecule has 2 aromatic carbocycles. The van der Waals surface area contributed by atoms with Crippen LogP contribution in [0.15, 0.2) is 77.4 Å². The van der Waals surface area contributed by atoms with Crippen molar-refractivity contribution in [2.24, 2.45) is 0 Å². The van der Waals surface area contributed by atoms with Crippen LogP contribution in [0.25, 0.3) is 22.0 Å². The Bertz CT molecular complexity index is 1220. The molecule has 2 heterocycles. The molecule has 1 N–H and O–H groups in total. The zero-order valence-electron chi connectivity index (χ0n) is 18.0. The number of carbonyl (C=O) groups excluding carboxylic acids is 2. The van der Waals surface area contributed by atoms with Gasteiger partial charge in [-0.25, -0.2) is 9.37 Å². The number of benzene rings is 2. The second-order valence-electron chi connectivity index (χ2n) is 7.26. The third-order valence-electron chi connectivity index (χ3n) is 5.01. The van der Waals surface area contributed by atoms with Gasteiger partial charge in [0.05, 0.1) is 18.5 Å².